The number of morpholine rings is 1. The summed E-state index contributed by atoms with van der Waals surface area (Å²) in [6.45, 7) is 10.6. The Kier molecular flexibility index (Phi) is 8.24. The molecule has 0 saturated carbocycles. The Bertz CT molecular complexity index is 766. The number of carbonyl (C=O) groups excluding carboxylic acids is 1. The highest BCUT2D eigenvalue weighted by atomic mass is 16.5. The molecule has 0 spiro atoms. The van der Waals surface area contributed by atoms with Crippen molar-refractivity contribution >= 4 is 5.91 Å². The second kappa shape index (κ2) is 11.1. The summed E-state index contributed by atoms with van der Waals surface area (Å²) in [7, 11) is 0. The van der Waals surface area contributed by atoms with Gasteiger partial charge in [-0.15, -0.1) is 0 Å². The predicted octanol–water partition coefficient (Wildman–Crippen LogP) is 1.41. The molecule has 1 amide bonds. The predicted molar refractivity (Wildman–Crippen MR) is 125 cm³/mol. The lowest BCUT2D eigenvalue weighted by Gasteiger charge is -2.42. The third-order valence-electron chi connectivity index (χ3n) is 7.15. The number of aliphatic hydroxyl groups is 1. The van der Waals surface area contributed by atoms with E-state index in [1.807, 2.05) is 19.1 Å². The zero-order valence-electron chi connectivity index (χ0n) is 20.0. The van der Waals surface area contributed by atoms with E-state index >= 15 is 0 Å². The largest absolute Gasteiger partial charge is 0.492 e. The molecule has 33 heavy (non-hydrogen) atoms. The maximum absolute atomic E-state index is 11.6. The van der Waals surface area contributed by atoms with E-state index < -0.39 is 11.6 Å². The molecule has 0 radical (unpaired) electrons. The molecule has 4 rings (SSSR count). The first-order valence-corrected chi connectivity index (χ1v) is 12.3. The summed E-state index contributed by atoms with van der Waals surface area (Å²) in [4.78, 5) is 16.4. The average Bonchev–Trinajstić information content (AvgIpc) is 2.92. The average molecular weight is 462 g/mol. The highest BCUT2D eigenvalue weighted by Crippen LogP contribution is 2.33. The number of likely N-dealkylation sites (tertiary alicyclic amines) is 1. The molecular weight excluding hydrogens is 422 g/mol. The highest BCUT2D eigenvalue weighted by Gasteiger charge is 2.44. The zero-order chi connectivity index (χ0) is 23.3. The molecule has 8 nitrogen and oxygen atoms in total. The van der Waals surface area contributed by atoms with E-state index in [2.05, 4.69) is 27.2 Å². The van der Waals surface area contributed by atoms with E-state index in [0.29, 0.717) is 19.6 Å². The van der Waals surface area contributed by atoms with Crippen molar-refractivity contribution in [1.82, 2.24) is 15.1 Å². The molecule has 3 heterocycles. The number of fused-ring (bicyclic) bond motifs is 1. The summed E-state index contributed by atoms with van der Waals surface area (Å²) in [5.41, 5.74) is 0.206. The van der Waals surface area contributed by atoms with E-state index in [1.165, 1.54) is 12.5 Å². The van der Waals surface area contributed by atoms with E-state index in [4.69, 9.17) is 14.2 Å². The first-order valence-electron chi connectivity index (χ1n) is 12.3. The van der Waals surface area contributed by atoms with E-state index in [9.17, 15) is 9.90 Å². The van der Waals surface area contributed by atoms with Crippen molar-refractivity contribution in [1.29, 1.82) is 0 Å². The number of piperidine rings is 1. The van der Waals surface area contributed by atoms with Crippen LogP contribution in [0.2, 0.25) is 0 Å². The first-order chi connectivity index (χ1) is 15.9. The second-order valence-corrected chi connectivity index (χ2v) is 9.81. The van der Waals surface area contributed by atoms with E-state index in [1.54, 1.807) is 0 Å². The lowest BCUT2D eigenvalue weighted by Crippen LogP contribution is -2.55. The van der Waals surface area contributed by atoms with Crippen molar-refractivity contribution in [3.05, 3.63) is 29.8 Å². The van der Waals surface area contributed by atoms with Crippen LogP contribution in [0.5, 0.6) is 5.75 Å². The molecule has 0 unspecified atom stereocenters. The molecule has 3 aliphatic heterocycles. The SMILES string of the molecule is CC(=O)N[C@@H]1CO[C@@H]2CCCN(Cc3ccc(OCCN4CCOCC4)cc3)[C@@H]2C[C@@]1(C)O. The van der Waals surface area contributed by atoms with Gasteiger partial charge in [-0.05, 0) is 50.4 Å². The number of benzene rings is 1. The molecular formula is C25H39N3O5. The topological polar surface area (TPSA) is 83.5 Å². The van der Waals surface area contributed by atoms with Gasteiger partial charge in [0.15, 0.2) is 0 Å². The number of amides is 1. The number of hydrogen-bond donors (Lipinski definition) is 2. The van der Waals surface area contributed by atoms with Crippen LogP contribution in [0, 0.1) is 0 Å². The molecule has 1 aromatic rings. The zero-order valence-corrected chi connectivity index (χ0v) is 20.0. The number of carbonyl (C=O) groups is 1. The molecule has 1 aromatic carbocycles. The first kappa shape index (κ1) is 24.4. The Hall–Kier alpha value is -1.71. The Labute approximate surface area is 197 Å². The van der Waals surface area contributed by atoms with Crippen LogP contribution < -0.4 is 10.1 Å². The number of rotatable bonds is 7. The molecule has 8 heteroatoms. The molecule has 2 N–H and O–H groups in total. The van der Waals surface area contributed by atoms with Crippen molar-refractivity contribution in [3.63, 3.8) is 0 Å². The molecule has 0 aliphatic carbocycles. The van der Waals surface area contributed by atoms with Gasteiger partial charge in [-0.25, -0.2) is 0 Å². The lowest BCUT2D eigenvalue weighted by atomic mass is 9.85. The van der Waals surface area contributed by atoms with E-state index in [-0.39, 0.29) is 18.1 Å². The fourth-order valence-electron chi connectivity index (χ4n) is 5.19. The minimum absolute atomic E-state index is 0.0757. The quantitative estimate of drug-likeness (QED) is 0.635. The van der Waals surface area contributed by atoms with Gasteiger partial charge < -0.3 is 24.6 Å². The summed E-state index contributed by atoms with van der Waals surface area (Å²) in [5, 5.41) is 14.0. The van der Waals surface area contributed by atoms with Gasteiger partial charge in [-0.3, -0.25) is 14.6 Å². The van der Waals surface area contributed by atoms with Crippen LogP contribution >= 0.6 is 0 Å². The van der Waals surface area contributed by atoms with Gasteiger partial charge in [-0.1, -0.05) is 12.1 Å². The maximum atomic E-state index is 11.6. The Morgan fingerprint density at radius 3 is 2.73 bits per heavy atom. The van der Waals surface area contributed by atoms with Gasteiger partial charge in [0.25, 0.3) is 0 Å². The fourth-order valence-corrected chi connectivity index (χ4v) is 5.19. The van der Waals surface area contributed by atoms with Gasteiger partial charge in [-0.2, -0.15) is 0 Å². The third kappa shape index (κ3) is 6.67. The Balaban J connectivity index is 1.32. The van der Waals surface area contributed by atoms with Crippen molar-refractivity contribution in [2.24, 2.45) is 0 Å². The van der Waals surface area contributed by atoms with Gasteiger partial charge in [0.1, 0.15) is 12.4 Å². The molecule has 4 atom stereocenters. The van der Waals surface area contributed by atoms with Crippen molar-refractivity contribution in [2.75, 3.05) is 52.6 Å². The van der Waals surface area contributed by atoms with Gasteiger partial charge in [0.05, 0.1) is 37.6 Å². The summed E-state index contributed by atoms with van der Waals surface area (Å²) < 4.78 is 17.5. The monoisotopic (exact) mass is 461 g/mol. The summed E-state index contributed by atoms with van der Waals surface area (Å²) in [6.07, 6.45) is 2.70. The molecule has 0 bridgehead atoms. The molecule has 3 aliphatic rings. The van der Waals surface area contributed by atoms with Crippen LogP contribution in [0.15, 0.2) is 24.3 Å². The summed E-state index contributed by atoms with van der Waals surface area (Å²) in [5.74, 6) is 0.750. The van der Waals surface area contributed by atoms with Crippen molar-refractivity contribution < 1.29 is 24.1 Å². The standard InChI is InChI=1S/C25H39N3O5/c1-19(29)26-24-18-33-23-4-3-9-28(22(23)16-25(24,2)30)17-20-5-7-21(8-6-20)32-15-12-27-10-13-31-14-11-27/h5-8,22-24,30H,3-4,9-18H2,1-2H3,(H,26,29)/t22-,23-,24-,25-/m1/s1. The van der Waals surface area contributed by atoms with Crippen LogP contribution in [0.4, 0.5) is 0 Å². The van der Waals surface area contributed by atoms with Gasteiger partial charge >= 0.3 is 0 Å². The lowest BCUT2D eigenvalue weighted by molar-refractivity contribution is -0.122. The van der Waals surface area contributed by atoms with E-state index in [0.717, 1.165) is 64.5 Å². The fraction of sp³-hybridized carbons (Fsp3) is 0.720. The molecule has 3 saturated heterocycles. The number of hydrogen-bond acceptors (Lipinski definition) is 7. The number of nitrogens with zero attached hydrogens (tertiary/aromatic N) is 2. The molecule has 0 aromatic heterocycles. The highest BCUT2D eigenvalue weighted by molar-refractivity contribution is 5.73. The van der Waals surface area contributed by atoms with Gasteiger partial charge in [0, 0.05) is 39.1 Å². The maximum Gasteiger partial charge on any atom is 0.217 e. The van der Waals surface area contributed by atoms with Crippen LogP contribution in [0.1, 0.15) is 38.7 Å². The minimum atomic E-state index is -1.02. The summed E-state index contributed by atoms with van der Waals surface area (Å²) in [6, 6.07) is 8.08. The van der Waals surface area contributed by atoms with Crippen molar-refractivity contribution in [2.45, 2.75) is 63.4 Å². The van der Waals surface area contributed by atoms with Crippen LogP contribution in [-0.2, 0) is 20.8 Å². The normalized spacial score (nSPS) is 31.4. The van der Waals surface area contributed by atoms with Gasteiger partial charge in [0.2, 0.25) is 5.91 Å². The second-order valence-electron chi connectivity index (χ2n) is 9.81. The Morgan fingerprint density at radius 2 is 2.00 bits per heavy atom. The molecule has 3 fully saturated rings. The van der Waals surface area contributed by atoms with Crippen LogP contribution in [-0.4, -0.2) is 97.2 Å². The van der Waals surface area contributed by atoms with Crippen LogP contribution in [0.25, 0.3) is 0 Å². The third-order valence-corrected chi connectivity index (χ3v) is 7.15. The molecule has 184 valence electrons. The minimum Gasteiger partial charge on any atom is -0.492 e. The number of ether oxygens (including phenoxy) is 3. The van der Waals surface area contributed by atoms with Crippen LogP contribution in [0.3, 0.4) is 0 Å². The Morgan fingerprint density at radius 1 is 1.24 bits per heavy atom. The number of nitrogens with one attached hydrogen (secondary N) is 1. The smallest absolute Gasteiger partial charge is 0.217 e. The summed E-state index contributed by atoms with van der Waals surface area (Å²) >= 11 is 0. The van der Waals surface area contributed by atoms with Crippen molar-refractivity contribution in [3.8, 4) is 5.75 Å².